The van der Waals surface area contributed by atoms with Crippen molar-refractivity contribution < 1.29 is 14.3 Å². The number of benzene rings is 3. The maximum atomic E-state index is 13.2. The van der Waals surface area contributed by atoms with E-state index in [9.17, 15) is 9.59 Å². The summed E-state index contributed by atoms with van der Waals surface area (Å²) in [6.45, 7) is 3.78. The molecule has 0 fully saturated rings. The number of fused-ring (bicyclic) bond motifs is 1. The Morgan fingerprint density at radius 1 is 1.06 bits per heavy atom. The summed E-state index contributed by atoms with van der Waals surface area (Å²) in [6.07, 6.45) is -0.104. The van der Waals surface area contributed by atoms with Crippen LogP contribution in [0.15, 0.2) is 78.2 Å². The van der Waals surface area contributed by atoms with Crippen molar-refractivity contribution in [2.75, 3.05) is 16.8 Å². The van der Waals surface area contributed by atoms with Gasteiger partial charge in [-0.25, -0.2) is 4.98 Å². The van der Waals surface area contributed by atoms with Crippen LogP contribution in [0.25, 0.3) is 21.8 Å². The van der Waals surface area contributed by atoms with Crippen LogP contribution in [-0.2, 0) is 9.59 Å². The number of aryl methyl sites for hydroxylation is 1. The Hall–Kier alpha value is -3.97. The van der Waals surface area contributed by atoms with Gasteiger partial charge in [0.05, 0.1) is 11.4 Å². The third kappa shape index (κ3) is 4.81. The Bertz CT molecular complexity index is 1370. The first-order chi connectivity index (χ1) is 17.0. The summed E-state index contributed by atoms with van der Waals surface area (Å²) in [6, 6.07) is 23.2. The summed E-state index contributed by atoms with van der Waals surface area (Å²) in [4.78, 5) is 32.4. The van der Waals surface area contributed by atoms with E-state index in [4.69, 9.17) is 9.72 Å². The standard InChI is InChI=1S/C28H25N3O3S/c1-3-24-28(33)31(16-26(32)29-21-12-9-18(2)10-13-21)23-15-20(11-14-25(23)34-24)22-17-35-27(30-22)19-7-5-4-6-8-19/h4-15,17,24H,3,16H2,1-2H3,(H,29,32). The SMILES string of the molecule is CCC1Oc2ccc(-c3csc(-c4ccccc4)n3)cc2N(CC(=O)Nc2ccc(C)cc2)C1=O. The molecule has 4 aromatic rings. The molecule has 1 unspecified atom stereocenters. The number of nitrogens with zero attached hydrogens (tertiary/aromatic N) is 2. The summed E-state index contributed by atoms with van der Waals surface area (Å²) in [5.74, 6) is 0.0941. The fraction of sp³-hybridized carbons (Fsp3) is 0.179. The lowest BCUT2D eigenvalue weighted by molar-refractivity contribution is -0.128. The molecule has 1 atom stereocenters. The van der Waals surface area contributed by atoms with E-state index in [2.05, 4.69) is 5.32 Å². The highest BCUT2D eigenvalue weighted by molar-refractivity contribution is 7.13. The Balaban J connectivity index is 1.43. The van der Waals surface area contributed by atoms with Crippen LogP contribution < -0.4 is 15.0 Å². The van der Waals surface area contributed by atoms with Gasteiger partial charge in [-0.1, -0.05) is 55.0 Å². The fourth-order valence-electron chi connectivity index (χ4n) is 4.01. The number of aromatic nitrogens is 1. The van der Waals surface area contributed by atoms with Crippen molar-refractivity contribution in [3.63, 3.8) is 0 Å². The van der Waals surface area contributed by atoms with E-state index in [1.54, 1.807) is 11.3 Å². The van der Waals surface area contributed by atoms with Crippen molar-refractivity contribution in [2.24, 2.45) is 0 Å². The van der Waals surface area contributed by atoms with Crippen LogP contribution in [0.1, 0.15) is 18.9 Å². The van der Waals surface area contributed by atoms with Crippen LogP contribution in [0.3, 0.4) is 0 Å². The smallest absolute Gasteiger partial charge is 0.268 e. The van der Waals surface area contributed by atoms with Crippen LogP contribution in [0.4, 0.5) is 11.4 Å². The minimum atomic E-state index is -0.621. The van der Waals surface area contributed by atoms with Crippen molar-refractivity contribution in [2.45, 2.75) is 26.4 Å². The minimum Gasteiger partial charge on any atom is -0.478 e. The largest absolute Gasteiger partial charge is 0.478 e. The molecule has 0 saturated carbocycles. The van der Waals surface area contributed by atoms with Gasteiger partial charge in [-0.05, 0) is 43.7 Å². The summed E-state index contributed by atoms with van der Waals surface area (Å²) >= 11 is 1.57. The Labute approximate surface area is 208 Å². The maximum absolute atomic E-state index is 13.2. The molecule has 0 saturated heterocycles. The number of hydrogen-bond acceptors (Lipinski definition) is 5. The molecular formula is C28H25N3O3S. The average Bonchev–Trinajstić information content (AvgIpc) is 3.38. The zero-order valence-electron chi connectivity index (χ0n) is 19.5. The molecule has 2 heterocycles. The lowest BCUT2D eigenvalue weighted by Crippen LogP contribution is -2.48. The molecule has 1 aliphatic rings. The van der Waals surface area contributed by atoms with Crippen LogP contribution in [0.2, 0.25) is 0 Å². The Morgan fingerprint density at radius 3 is 2.57 bits per heavy atom. The third-order valence-electron chi connectivity index (χ3n) is 5.89. The van der Waals surface area contributed by atoms with Gasteiger partial charge in [-0.3, -0.25) is 14.5 Å². The van der Waals surface area contributed by atoms with Crippen molar-refractivity contribution >= 4 is 34.5 Å². The normalized spacial score (nSPS) is 14.9. The first-order valence-corrected chi connectivity index (χ1v) is 12.4. The van der Waals surface area contributed by atoms with E-state index >= 15 is 0 Å². The van der Waals surface area contributed by atoms with Crippen molar-refractivity contribution in [3.05, 3.63) is 83.7 Å². The molecule has 3 aromatic carbocycles. The lowest BCUT2D eigenvalue weighted by Gasteiger charge is -2.34. The molecular weight excluding hydrogens is 458 g/mol. The zero-order valence-corrected chi connectivity index (χ0v) is 20.3. The Morgan fingerprint density at radius 2 is 1.83 bits per heavy atom. The van der Waals surface area contributed by atoms with Gasteiger partial charge in [-0.2, -0.15) is 0 Å². The molecule has 0 radical (unpaired) electrons. The van der Waals surface area contributed by atoms with Gasteiger partial charge in [-0.15, -0.1) is 11.3 Å². The van der Waals surface area contributed by atoms with Crippen molar-refractivity contribution in [1.29, 1.82) is 0 Å². The monoisotopic (exact) mass is 483 g/mol. The first kappa shape index (κ1) is 22.8. The second-order valence-corrected chi connectivity index (χ2v) is 9.30. The molecule has 1 aliphatic heterocycles. The third-order valence-corrected chi connectivity index (χ3v) is 6.78. The predicted molar refractivity (Wildman–Crippen MR) is 140 cm³/mol. The lowest BCUT2D eigenvalue weighted by atomic mass is 10.1. The van der Waals surface area contributed by atoms with E-state index in [1.165, 1.54) is 4.90 Å². The van der Waals surface area contributed by atoms with Crippen molar-refractivity contribution in [3.8, 4) is 27.6 Å². The molecule has 0 spiro atoms. The highest BCUT2D eigenvalue weighted by Crippen LogP contribution is 2.39. The number of rotatable bonds is 6. The number of carbonyl (C=O) groups excluding carboxylic acids is 2. The average molecular weight is 484 g/mol. The van der Waals surface area contributed by atoms with Crippen LogP contribution in [0, 0.1) is 6.92 Å². The molecule has 5 rings (SSSR count). The summed E-state index contributed by atoms with van der Waals surface area (Å²) in [7, 11) is 0. The highest BCUT2D eigenvalue weighted by atomic mass is 32.1. The van der Waals surface area contributed by atoms with Gasteiger partial charge >= 0.3 is 0 Å². The van der Waals surface area contributed by atoms with Gasteiger partial charge < -0.3 is 10.1 Å². The van der Waals surface area contributed by atoms with E-state index in [0.717, 1.165) is 27.4 Å². The summed E-state index contributed by atoms with van der Waals surface area (Å²) < 4.78 is 5.96. The summed E-state index contributed by atoms with van der Waals surface area (Å²) in [5, 5.41) is 5.81. The Kier molecular flexibility index (Phi) is 6.33. The van der Waals surface area contributed by atoms with Gasteiger partial charge in [0.1, 0.15) is 17.3 Å². The summed E-state index contributed by atoms with van der Waals surface area (Å²) in [5.41, 5.74) is 5.10. The maximum Gasteiger partial charge on any atom is 0.268 e. The molecule has 35 heavy (non-hydrogen) atoms. The van der Waals surface area contributed by atoms with E-state index in [-0.39, 0.29) is 18.4 Å². The van der Waals surface area contributed by atoms with Gasteiger partial charge in [0, 0.05) is 22.2 Å². The van der Waals surface area contributed by atoms with Crippen LogP contribution in [-0.4, -0.2) is 29.4 Å². The molecule has 1 aromatic heterocycles. The van der Waals surface area contributed by atoms with E-state index in [0.29, 0.717) is 23.5 Å². The molecule has 1 N–H and O–H groups in total. The van der Waals surface area contributed by atoms with Gasteiger partial charge in [0.2, 0.25) is 5.91 Å². The second kappa shape index (κ2) is 9.72. The molecule has 0 aliphatic carbocycles. The topological polar surface area (TPSA) is 71.5 Å². The van der Waals surface area contributed by atoms with Crippen LogP contribution >= 0.6 is 11.3 Å². The van der Waals surface area contributed by atoms with Gasteiger partial charge in [0.25, 0.3) is 5.91 Å². The van der Waals surface area contributed by atoms with Crippen molar-refractivity contribution in [1.82, 2.24) is 4.98 Å². The molecule has 7 heteroatoms. The number of nitrogens with one attached hydrogen (secondary N) is 1. The number of hydrogen-bond donors (Lipinski definition) is 1. The number of amides is 2. The second-order valence-electron chi connectivity index (χ2n) is 8.44. The highest BCUT2D eigenvalue weighted by Gasteiger charge is 2.34. The van der Waals surface area contributed by atoms with Crippen LogP contribution in [0.5, 0.6) is 5.75 Å². The molecule has 2 amide bonds. The quantitative estimate of drug-likeness (QED) is 0.369. The number of thiazole rings is 1. The zero-order chi connectivity index (χ0) is 24.4. The minimum absolute atomic E-state index is 0.102. The first-order valence-electron chi connectivity index (χ1n) is 11.5. The fourth-order valence-corrected chi connectivity index (χ4v) is 4.84. The van der Waals surface area contributed by atoms with Gasteiger partial charge in [0.15, 0.2) is 6.10 Å². The number of anilines is 2. The predicted octanol–water partition coefficient (Wildman–Crippen LogP) is 5.93. The number of carbonyl (C=O) groups is 2. The number of ether oxygens (including phenoxy) is 1. The van der Waals surface area contributed by atoms with E-state index < -0.39 is 6.10 Å². The van der Waals surface area contributed by atoms with E-state index in [1.807, 2.05) is 92.0 Å². The molecule has 176 valence electrons. The molecule has 6 nitrogen and oxygen atoms in total. The molecule has 0 bridgehead atoms.